The van der Waals surface area contributed by atoms with Crippen molar-refractivity contribution in [2.24, 2.45) is 35.0 Å². The van der Waals surface area contributed by atoms with Crippen LogP contribution < -0.4 is 97.0 Å². The van der Waals surface area contributed by atoms with E-state index in [4.69, 9.17) is 28.0 Å². The fourth-order valence-corrected chi connectivity index (χ4v) is 16.0. The third-order valence-electron chi connectivity index (χ3n) is 24.6. The van der Waals surface area contributed by atoms with Gasteiger partial charge in [0, 0.05) is 109 Å². The maximum absolute atomic E-state index is 15.6. The van der Waals surface area contributed by atoms with E-state index in [2.05, 4.69) is 105 Å². The van der Waals surface area contributed by atoms with Crippen molar-refractivity contribution < 1.29 is 92.3 Å². The summed E-state index contributed by atoms with van der Waals surface area (Å²) >= 11 is 0. The molecule has 5 heterocycles. The number of hydrogen-bond donors (Lipinski definition) is 28. The number of likely N-dealkylation sites (tertiary alicyclic amines) is 1. The summed E-state index contributed by atoms with van der Waals surface area (Å²) < 4.78 is 0. The minimum Gasteiger partial charge on any atom is -0.508 e. The number of aromatic amines is 4. The minimum atomic E-state index is -1.79. The second-order valence-corrected chi connectivity index (χ2v) is 35.2. The lowest BCUT2D eigenvalue weighted by atomic mass is 9.97. The number of guanidine groups is 2. The van der Waals surface area contributed by atoms with Crippen LogP contribution in [0.15, 0.2) is 128 Å². The second kappa shape index (κ2) is 51.8. The zero-order valence-electron chi connectivity index (χ0n) is 78.8. The molecule has 0 saturated carbocycles. The number of aliphatic carboxylic acids is 1. The molecule has 1 fully saturated rings. The minimum absolute atomic E-state index is 0.00631. The van der Waals surface area contributed by atoms with Crippen LogP contribution in [0, 0.1) is 28.6 Å². The van der Waals surface area contributed by atoms with Crippen molar-refractivity contribution in [1.82, 2.24) is 110 Å². The van der Waals surface area contributed by atoms with Crippen molar-refractivity contribution in [3.63, 3.8) is 0 Å². The summed E-state index contributed by atoms with van der Waals surface area (Å²) in [5.74, 6) is -16.5. The number of benzene rings is 4. The Morgan fingerprint density at radius 2 is 0.835 bits per heavy atom. The molecule has 17 unspecified atom stereocenters. The van der Waals surface area contributed by atoms with E-state index >= 15 is 24.0 Å². The van der Waals surface area contributed by atoms with E-state index in [-0.39, 0.29) is 114 Å². The molecule has 4 aromatic carbocycles. The van der Waals surface area contributed by atoms with Crippen LogP contribution in [0.3, 0.4) is 0 Å². The molecule has 31 N–H and O–H groups in total. The maximum Gasteiger partial charge on any atom is 0.326 e. The van der Waals surface area contributed by atoms with E-state index in [0.29, 0.717) is 67.8 Å². The molecule has 0 bridgehead atoms. The quantitative estimate of drug-likeness (QED) is 0.0112. The van der Waals surface area contributed by atoms with Gasteiger partial charge in [-0.1, -0.05) is 121 Å². The average Bonchev–Trinajstić information content (AvgIpc) is 1.72. The lowest BCUT2D eigenvalue weighted by Crippen LogP contribution is -2.61. The van der Waals surface area contributed by atoms with Gasteiger partial charge in [0.1, 0.15) is 90.3 Å². The number of aliphatic hydroxyl groups is 2. The zero-order chi connectivity index (χ0) is 101. The number of para-hydroxylation sites is 3. The first-order valence-corrected chi connectivity index (χ1v) is 46.3. The zero-order valence-corrected chi connectivity index (χ0v) is 78.8. The van der Waals surface area contributed by atoms with Crippen LogP contribution in [-0.4, -0.2) is 274 Å². The molecule has 139 heavy (non-hydrogen) atoms. The largest absolute Gasteiger partial charge is 0.508 e. The molecule has 1 aliphatic heterocycles. The fraction of sp³-hybridized carbons (Fsp3) is 0.468. The monoisotopic (exact) mass is 1930 g/mol. The van der Waals surface area contributed by atoms with E-state index in [0.717, 1.165) is 4.90 Å². The highest BCUT2D eigenvalue weighted by molar-refractivity contribution is 6.02. The highest BCUT2D eigenvalue weighted by Crippen LogP contribution is 2.26. The Balaban J connectivity index is 0.934. The van der Waals surface area contributed by atoms with Crippen LogP contribution in [0.2, 0.25) is 0 Å². The van der Waals surface area contributed by atoms with Crippen molar-refractivity contribution in [2.45, 2.75) is 229 Å². The number of carbonyl (C=O) groups excluding carboxylic acids is 14. The number of carboxylic acids is 1. The van der Waals surface area contributed by atoms with E-state index in [1.165, 1.54) is 50.6 Å². The number of phenols is 1. The SMILES string of the molecule is CCC(C)C(N)C(=O)NC(C(=O)NC(Cc1c[nH]c2ccccc12)C(=O)NC(Cc1c[nH]cn1)C(=O)NC(CCCNC(=N)N)C(=O)NC(Cc1c[nH]c2ccccc12)C(=O)NC(Cc1ccc(O)cc1)C(=O)NC(C)C(=O)NC(Cc1c[nH]c2ccccc12)C(=O)NC(CO)C(=O)N1CCCC1C(=O)NC(C)C(=O)NC(CO)C(=O)NC(CCCNC(=N)N)C(=O)NC(C(=O)O)C(C)CC)C(C)C. The Kier molecular flexibility index (Phi) is 40.1. The number of phenolic OH excluding ortho intramolecular Hbond substituents is 1. The number of nitrogens with one attached hydrogen (secondary N) is 21. The molecule has 0 spiro atoms. The molecule has 0 radical (unpaired) electrons. The number of aromatic hydroxyl groups is 1. The van der Waals surface area contributed by atoms with Gasteiger partial charge < -0.3 is 142 Å². The van der Waals surface area contributed by atoms with Crippen LogP contribution in [0.4, 0.5) is 0 Å². The number of amides is 14. The van der Waals surface area contributed by atoms with Crippen molar-refractivity contribution in [3.05, 3.63) is 156 Å². The van der Waals surface area contributed by atoms with Gasteiger partial charge in [-0.2, -0.15) is 0 Å². The number of carboxylic acid groups (broad SMARTS) is 1. The summed E-state index contributed by atoms with van der Waals surface area (Å²) in [6, 6.07) is 4.59. The van der Waals surface area contributed by atoms with Gasteiger partial charge in [0.15, 0.2) is 11.9 Å². The van der Waals surface area contributed by atoms with Gasteiger partial charge in [-0.3, -0.25) is 77.9 Å². The normalized spacial score (nSPS) is 15.9. The molecular formula is C94H130N26O19. The maximum atomic E-state index is 15.6. The first-order chi connectivity index (χ1) is 66.3. The van der Waals surface area contributed by atoms with Crippen LogP contribution in [0.1, 0.15) is 135 Å². The average molecular weight is 1930 g/mol. The van der Waals surface area contributed by atoms with Crippen LogP contribution in [0.25, 0.3) is 32.7 Å². The number of fused-ring (bicyclic) bond motifs is 3. The molecule has 45 heteroatoms. The third-order valence-corrected chi connectivity index (χ3v) is 24.6. The predicted molar refractivity (Wildman–Crippen MR) is 513 cm³/mol. The van der Waals surface area contributed by atoms with Crippen LogP contribution >= 0.6 is 0 Å². The number of H-pyrrole nitrogens is 4. The van der Waals surface area contributed by atoms with Crippen molar-refractivity contribution in [3.8, 4) is 5.75 Å². The van der Waals surface area contributed by atoms with E-state index in [9.17, 15) is 68.4 Å². The molecule has 8 aromatic rings. The van der Waals surface area contributed by atoms with Gasteiger partial charge in [0.25, 0.3) is 0 Å². The lowest BCUT2D eigenvalue weighted by molar-refractivity contribution is -0.144. The first kappa shape index (κ1) is 108. The number of aromatic nitrogens is 5. The van der Waals surface area contributed by atoms with E-state index < -0.39 is 210 Å². The predicted octanol–water partition coefficient (Wildman–Crippen LogP) is -1.92. The standard InChI is InChI=1S/C94H130N26O19/c1-9-49(5)75(95)89(135)118-76(48(3)4)90(136)115-70(39-56-43-105-64-25-16-13-22-61(56)64)84(130)114-71(40-57-44-100-47-106-57)86(132)109-65(26-17-33-101-93(96)97)80(126)113-69(38-55-42-104-63-24-15-12-21-60(55)63)83(129)112-67(36-53-29-31-58(123)32-30-53)82(128)107-51(7)78(124)111-68(37-54-41-103-62-23-14-11-20-59(54)62)85(131)117-73(46-122)91(137)120-35-19-28-74(120)88(134)108-52(8)79(125)116-72(45-121)87(133)110-66(27-18-34-102-94(98)99)81(127)119-77(92(138)139)50(6)10-2/h11-16,20-25,29-32,41-44,47-52,65-77,103-105,121-123H,9-10,17-19,26-28,33-40,45-46,95H2,1-8H3,(H,100,106)(H,107,128)(H,108,134)(H,109,132)(H,110,133)(H,111,124)(H,112,129)(H,113,126)(H,114,130)(H,115,136)(H,116,125)(H,117,131)(H,118,135)(H,119,127)(H,138,139)(H4,96,97,101)(H4,98,99,102). The van der Waals surface area contributed by atoms with E-state index in [1.807, 2.05) is 25.1 Å². The highest BCUT2D eigenvalue weighted by Gasteiger charge is 2.43. The van der Waals surface area contributed by atoms with Gasteiger partial charge in [-0.25, -0.2) is 9.78 Å². The molecular weight excluding hydrogens is 1800 g/mol. The molecule has 1 aliphatic rings. The molecule has 45 nitrogen and oxygen atoms in total. The van der Waals surface area contributed by atoms with E-state index in [1.54, 1.807) is 108 Å². The number of carbonyl (C=O) groups is 15. The fourth-order valence-electron chi connectivity index (χ4n) is 16.0. The number of nitrogens with zero attached hydrogens (tertiary/aromatic N) is 2. The Morgan fingerprint density at radius 1 is 0.446 bits per heavy atom. The smallest absolute Gasteiger partial charge is 0.326 e. The molecule has 4 aromatic heterocycles. The van der Waals surface area contributed by atoms with Crippen molar-refractivity contribution >= 4 is 133 Å². The summed E-state index contributed by atoms with van der Waals surface area (Å²) in [7, 11) is 0. The van der Waals surface area contributed by atoms with Crippen molar-refractivity contribution in [2.75, 3.05) is 32.8 Å². The van der Waals surface area contributed by atoms with Gasteiger partial charge in [0.05, 0.1) is 31.3 Å². The molecule has 9 rings (SSSR count). The summed E-state index contributed by atoms with van der Waals surface area (Å²) in [5.41, 5.74) is 21.6. The topological polar surface area (TPSA) is 722 Å². The lowest BCUT2D eigenvalue weighted by Gasteiger charge is -2.30. The summed E-state index contributed by atoms with van der Waals surface area (Å²) in [5, 5.41) is 98.5. The Bertz CT molecular complexity index is 5630. The number of nitrogens with two attached hydrogens (primary N) is 3. The van der Waals surface area contributed by atoms with Crippen LogP contribution in [-0.2, 0) is 104 Å². The number of aliphatic hydroxyl groups excluding tert-OH is 2. The highest BCUT2D eigenvalue weighted by atomic mass is 16.4. The first-order valence-electron chi connectivity index (χ1n) is 46.3. The molecule has 1 saturated heterocycles. The summed E-state index contributed by atoms with van der Waals surface area (Å²) in [4.78, 5) is 235. The second-order valence-electron chi connectivity index (χ2n) is 35.2. The summed E-state index contributed by atoms with van der Waals surface area (Å²) in [6.45, 7) is 10.8. The molecule has 0 aliphatic carbocycles. The molecule has 750 valence electrons. The Labute approximate surface area is 801 Å². The summed E-state index contributed by atoms with van der Waals surface area (Å²) in [6.07, 6.45) is 7.34. The van der Waals surface area contributed by atoms with Crippen LogP contribution in [0.5, 0.6) is 5.75 Å². The van der Waals surface area contributed by atoms with Gasteiger partial charge in [-0.15, -0.1) is 0 Å². The Morgan fingerprint density at radius 3 is 1.27 bits per heavy atom. The molecule has 17 atom stereocenters. The van der Waals surface area contributed by atoms with Gasteiger partial charge >= 0.3 is 5.97 Å². The van der Waals surface area contributed by atoms with Gasteiger partial charge in [-0.05, 0) is 123 Å². The van der Waals surface area contributed by atoms with Gasteiger partial charge in [0.2, 0.25) is 82.7 Å². The number of imidazole rings is 1. The molecule has 14 amide bonds. The third kappa shape index (κ3) is 30.7. The number of hydrogen-bond acceptors (Lipinski definition) is 22. The number of rotatable bonds is 53. The van der Waals surface area contributed by atoms with Crippen molar-refractivity contribution in [1.29, 1.82) is 10.8 Å². The Hall–Kier alpha value is -15.0.